The van der Waals surface area contributed by atoms with Crippen molar-refractivity contribution in [1.82, 2.24) is 24.6 Å². The van der Waals surface area contributed by atoms with Crippen LogP contribution in [0.4, 0.5) is 17.2 Å². The van der Waals surface area contributed by atoms with E-state index < -0.39 is 31.4 Å². The standard InChI is InChI=1S/C46H56N8O7S/c1-30(2)36-9-5-6-10-37(36)40-11-7-19-53(40)33-26-46(27-33)15-20-52(21-16-46)43-25-42(61-34-23-32-14-18-48-44(32)50-28-34)38(29-49-43)45(55)51-62(58,59)35-12-13-39(41(24-35)54(56)57)47-17-8-22-60-31(3)4/h5-6,9-10,12-14,18,23-25,28-31,33,40,47H,7-8,11,15-17,19-22,26-27H2,1-4H3,(H,48,50)(H,51,55). The highest BCUT2D eigenvalue weighted by atomic mass is 32.2. The van der Waals surface area contributed by atoms with Gasteiger partial charge >= 0.3 is 0 Å². The van der Waals surface area contributed by atoms with Crippen LogP contribution in [0.25, 0.3) is 11.0 Å². The SMILES string of the molecule is CC(C)OCCCNc1ccc(S(=O)(=O)NC(=O)c2cnc(N3CCC4(CC3)CC(N3CCCC3c3ccccc3C(C)C)C4)cc2Oc2cnc3[nH]ccc3c2)cc1[N+](=O)[O-]. The molecule has 15 nitrogen and oxygen atoms in total. The lowest BCUT2D eigenvalue weighted by molar-refractivity contribution is -0.384. The van der Waals surface area contributed by atoms with Crippen molar-refractivity contribution in [1.29, 1.82) is 0 Å². The Bertz CT molecular complexity index is 2530. The lowest BCUT2D eigenvalue weighted by atomic mass is 9.60. The molecule has 3 N–H and O–H groups in total. The molecule has 8 rings (SSSR count). The third-order valence-electron chi connectivity index (χ3n) is 12.7. The van der Waals surface area contributed by atoms with E-state index in [0.29, 0.717) is 54.8 Å². The minimum atomic E-state index is -4.57. The molecular weight excluding hydrogens is 809 g/mol. The van der Waals surface area contributed by atoms with Gasteiger partial charge < -0.3 is 24.7 Å². The number of nitrogens with one attached hydrogen (secondary N) is 3. The third kappa shape index (κ3) is 9.27. The van der Waals surface area contributed by atoms with Crippen molar-refractivity contribution in [2.45, 2.75) is 102 Å². The number of anilines is 2. The number of H-pyrrole nitrogens is 1. The molecule has 328 valence electrons. The van der Waals surface area contributed by atoms with Gasteiger partial charge in [-0.2, -0.15) is 0 Å². The molecule has 3 fully saturated rings. The average molecular weight is 865 g/mol. The number of aromatic amines is 1. The number of hydrogen-bond donors (Lipinski definition) is 3. The molecule has 16 heteroatoms. The van der Waals surface area contributed by atoms with Gasteiger partial charge in [0, 0.05) is 68.2 Å². The fraction of sp³-hybridized carbons (Fsp3) is 0.457. The van der Waals surface area contributed by atoms with Gasteiger partial charge in [0.25, 0.3) is 21.6 Å². The number of piperidine rings is 1. The first-order valence-electron chi connectivity index (χ1n) is 21.7. The van der Waals surface area contributed by atoms with Crippen molar-refractivity contribution >= 4 is 44.2 Å². The first kappa shape index (κ1) is 43.1. The molecule has 5 heterocycles. The number of fused-ring (bicyclic) bond motifs is 1. The van der Waals surface area contributed by atoms with Crippen LogP contribution in [0.5, 0.6) is 11.5 Å². The number of carbonyl (C=O) groups is 1. The third-order valence-corrected chi connectivity index (χ3v) is 14.0. The van der Waals surface area contributed by atoms with Crippen LogP contribution in [0.3, 0.4) is 0 Å². The highest BCUT2D eigenvalue weighted by molar-refractivity contribution is 7.90. The normalized spacial score (nSPS) is 18.1. The summed E-state index contributed by atoms with van der Waals surface area (Å²) in [5.41, 5.74) is 3.47. The second-order valence-electron chi connectivity index (χ2n) is 17.5. The molecular formula is C46H56N8O7S. The van der Waals surface area contributed by atoms with Crippen LogP contribution in [0.1, 0.15) is 106 Å². The smallest absolute Gasteiger partial charge is 0.293 e. The molecule has 2 aromatic carbocycles. The molecule has 1 aliphatic carbocycles. The highest BCUT2D eigenvalue weighted by Crippen LogP contribution is 2.54. The maximum Gasteiger partial charge on any atom is 0.293 e. The summed E-state index contributed by atoms with van der Waals surface area (Å²) in [6, 6.07) is 18.8. The van der Waals surface area contributed by atoms with Gasteiger partial charge in [0.05, 0.1) is 22.1 Å². The molecule has 1 unspecified atom stereocenters. The van der Waals surface area contributed by atoms with E-state index in [2.05, 4.69) is 72.9 Å². The number of nitrogens with zero attached hydrogens (tertiary/aromatic N) is 5. The molecule has 1 saturated carbocycles. The van der Waals surface area contributed by atoms with E-state index in [0.717, 1.165) is 43.9 Å². The topological polar surface area (TPSA) is 185 Å². The van der Waals surface area contributed by atoms with E-state index in [1.54, 1.807) is 18.3 Å². The first-order chi connectivity index (χ1) is 29.8. The molecule has 62 heavy (non-hydrogen) atoms. The molecule has 0 radical (unpaired) electrons. The summed E-state index contributed by atoms with van der Waals surface area (Å²) in [5, 5.41) is 15.8. The summed E-state index contributed by atoms with van der Waals surface area (Å²) in [5.74, 6) is 0.538. The zero-order valence-electron chi connectivity index (χ0n) is 35.8. The molecule has 5 aromatic rings. The number of rotatable bonds is 16. The Labute approximate surface area is 362 Å². The summed E-state index contributed by atoms with van der Waals surface area (Å²) in [6.45, 7) is 11.9. The molecule has 0 bridgehead atoms. The molecule has 2 aliphatic heterocycles. The van der Waals surface area contributed by atoms with Crippen molar-refractivity contribution in [2.75, 3.05) is 43.0 Å². The summed E-state index contributed by atoms with van der Waals surface area (Å²) in [6.07, 6.45) is 12.1. The number of hydrogen-bond acceptors (Lipinski definition) is 12. The van der Waals surface area contributed by atoms with E-state index in [9.17, 15) is 23.3 Å². The number of amides is 1. The van der Waals surface area contributed by atoms with Crippen LogP contribution in [0, 0.1) is 15.5 Å². The van der Waals surface area contributed by atoms with Crippen molar-refractivity contribution < 1.29 is 27.6 Å². The highest BCUT2D eigenvalue weighted by Gasteiger charge is 2.50. The first-order valence-corrected chi connectivity index (χ1v) is 23.2. The second kappa shape index (κ2) is 18.0. The monoisotopic (exact) mass is 864 g/mol. The van der Waals surface area contributed by atoms with Crippen molar-refractivity contribution in [3.05, 3.63) is 106 Å². The maximum absolute atomic E-state index is 13.9. The minimum Gasteiger partial charge on any atom is -0.455 e. The van der Waals surface area contributed by atoms with Gasteiger partial charge in [-0.3, -0.25) is 19.8 Å². The number of ether oxygens (including phenoxy) is 2. The number of aromatic nitrogens is 3. The largest absolute Gasteiger partial charge is 0.455 e. The van der Waals surface area contributed by atoms with E-state index in [-0.39, 0.29) is 28.5 Å². The Balaban J connectivity index is 0.968. The molecule has 2 saturated heterocycles. The number of likely N-dealkylation sites (tertiary alicyclic amines) is 1. The second-order valence-corrected chi connectivity index (χ2v) is 19.2. The van der Waals surface area contributed by atoms with Crippen LogP contribution >= 0.6 is 0 Å². The quantitative estimate of drug-likeness (QED) is 0.0488. The van der Waals surface area contributed by atoms with Gasteiger partial charge in [-0.25, -0.2) is 23.1 Å². The number of nitro groups is 1. The summed E-state index contributed by atoms with van der Waals surface area (Å²) in [4.78, 5) is 41.9. The van der Waals surface area contributed by atoms with Crippen LogP contribution in [-0.4, -0.2) is 84.0 Å². The van der Waals surface area contributed by atoms with Gasteiger partial charge in [0.1, 0.15) is 34.2 Å². The van der Waals surface area contributed by atoms with Crippen LogP contribution in [0.2, 0.25) is 0 Å². The Morgan fingerprint density at radius 1 is 1.02 bits per heavy atom. The van der Waals surface area contributed by atoms with Crippen LogP contribution < -0.4 is 19.7 Å². The zero-order valence-corrected chi connectivity index (χ0v) is 36.6. The van der Waals surface area contributed by atoms with Gasteiger partial charge in [0.15, 0.2) is 0 Å². The lowest BCUT2D eigenvalue weighted by Crippen LogP contribution is -2.55. The predicted molar refractivity (Wildman–Crippen MR) is 238 cm³/mol. The number of nitro benzene ring substituents is 1. The molecule has 3 aliphatic rings. The van der Waals surface area contributed by atoms with Crippen molar-refractivity contribution in [3.63, 3.8) is 0 Å². The zero-order chi connectivity index (χ0) is 43.6. The Kier molecular flexibility index (Phi) is 12.5. The van der Waals surface area contributed by atoms with E-state index >= 15 is 0 Å². The van der Waals surface area contributed by atoms with Crippen LogP contribution in [-0.2, 0) is 14.8 Å². The number of carbonyl (C=O) groups excluding carboxylic acids is 1. The summed E-state index contributed by atoms with van der Waals surface area (Å²) >= 11 is 0. The van der Waals surface area contributed by atoms with Gasteiger partial charge in [-0.05, 0) is 112 Å². The maximum atomic E-state index is 13.9. The predicted octanol–water partition coefficient (Wildman–Crippen LogP) is 8.71. The fourth-order valence-corrected chi connectivity index (χ4v) is 10.5. The Morgan fingerprint density at radius 3 is 2.56 bits per heavy atom. The number of benzene rings is 2. The summed E-state index contributed by atoms with van der Waals surface area (Å²) in [7, 11) is -4.57. The minimum absolute atomic E-state index is 0.0578. The van der Waals surface area contributed by atoms with Gasteiger partial charge in [-0.1, -0.05) is 38.1 Å². The molecule has 1 amide bonds. The summed E-state index contributed by atoms with van der Waals surface area (Å²) < 4.78 is 41.2. The lowest BCUT2D eigenvalue weighted by Gasteiger charge is -2.56. The van der Waals surface area contributed by atoms with E-state index in [1.165, 1.54) is 61.3 Å². The van der Waals surface area contributed by atoms with Gasteiger partial charge in [0.2, 0.25) is 0 Å². The fourth-order valence-electron chi connectivity index (χ4n) is 9.48. The molecule has 1 atom stereocenters. The van der Waals surface area contributed by atoms with Crippen molar-refractivity contribution in [3.8, 4) is 11.5 Å². The Morgan fingerprint density at radius 2 is 1.81 bits per heavy atom. The molecule has 1 spiro atoms. The number of sulfonamides is 1. The number of pyridine rings is 2. The van der Waals surface area contributed by atoms with Crippen LogP contribution in [0.15, 0.2) is 84.1 Å². The van der Waals surface area contributed by atoms with E-state index in [1.807, 2.05) is 19.9 Å². The van der Waals surface area contributed by atoms with Crippen molar-refractivity contribution in [2.24, 2.45) is 5.41 Å². The van der Waals surface area contributed by atoms with Gasteiger partial charge in [-0.15, -0.1) is 0 Å². The molecule has 3 aromatic heterocycles. The van der Waals surface area contributed by atoms with E-state index in [4.69, 9.17) is 9.47 Å². The average Bonchev–Trinajstić information content (AvgIpc) is 3.92. The Hall–Kier alpha value is -5.58.